The molecule has 0 bridgehead atoms. The second-order valence-corrected chi connectivity index (χ2v) is 4.95. The largest absolute Gasteiger partial charge is 0.489 e. The van der Waals surface area contributed by atoms with Gasteiger partial charge in [0.05, 0.1) is 0 Å². The van der Waals surface area contributed by atoms with Crippen LogP contribution in [0.2, 0.25) is 0 Å². The van der Waals surface area contributed by atoms with Crippen LogP contribution in [0.25, 0.3) is 6.08 Å². The Morgan fingerprint density at radius 2 is 1.83 bits per heavy atom. The maximum absolute atomic E-state index is 12.8. The van der Waals surface area contributed by atoms with Crippen molar-refractivity contribution in [2.75, 3.05) is 0 Å². The van der Waals surface area contributed by atoms with Gasteiger partial charge in [-0.3, -0.25) is 10.1 Å². The van der Waals surface area contributed by atoms with E-state index in [1.54, 1.807) is 42.5 Å². The lowest BCUT2D eigenvalue weighted by atomic mass is 10.2. The molecular formula is C17H13FN2O3. The molecule has 2 N–H and O–H groups in total. The van der Waals surface area contributed by atoms with Crippen LogP contribution in [-0.2, 0) is 11.4 Å². The minimum atomic E-state index is -0.537. The molecule has 1 fully saturated rings. The fourth-order valence-electron chi connectivity index (χ4n) is 2.09. The average molecular weight is 312 g/mol. The minimum absolute atomic E-state index is 0.186. The Bertz CT molecular complexity index is 785. The Morgan fingerprint density at radius 3 is 2.52 bits per heavy atom. The summed E-state index contributed by atoms with van der Waals surface area (Å²) in [6.45, 7) is 0.303. The summed E-state index contributed by atoms with van der Waals surface area (Å²) in [6.07, 6.45) is 1.56. The molecule has 0 atom stereocenters. The molecule has 2 aromatic rings. The molecule has 1 aliphatic heterocycles. The molecule has 116 valence electrons. The van der Waals surface area contributed by atoms with Crippen LogP contribution in [0.15, 0.2) is 54.2 Å². The van der Waals surface area contributed by atoms with E-state index >= 15 is 0 Å². The highest BCUT2D eigenvalue weighted by Crippen LogP contribution is 2.18. The third-order valence-corrected chi connectivity index (χ3v) is 3.21. The Morgan fingerprint density at radius 1 is 1.04 bits per heavy atom. The molecule has 5 nitrogen and oxygen atoms in total. The zero-order valence-corrected chi connectivity index (χ0v) is 12.0. The summed E-state index contributed by atoms with van der Waals surface area (Å²) in [5, 5.41) is 4.55. The topological polar surface area (TPSA) is 67.4 Å². The average Bonchev–Trinajstić information content (AvgIpc) is 2.85. The number of benzene rings is 2. The van der Waals surface area contributed by atoms with E-state index in [1.807, 2.05) is 0 Å². The van der Waals surface area contributed by atoms with Gasteiger partial charge in [-0.05, 0) is 41.5 Å². The predicted octanol–water partition coefficient (Wildman–Crippen LogP) is 2.58. The van der Waals surface area contributed by atoms with E-state index in [2.05, 4.69) is 10.6 Å². The summed E-state index contributed by atoms with van der Waals surface area (Å²) in [7, 11) is 0. The van der Waals surface area contributed by atoms with Crippen molar-refractivity contribution in [3.05, 3.63) is 71.2 Å². The Hall–Kier alpha value is -3.15. The van der Waals surface area contributed by atoms with Gasteiger partial charge >= 0.3 is 6.03 Å². The lowest BCUT2D eigenvalue weighted by Gasteiger charge is -2.07. The molecule has 1 saturated heterocycles. The van der Waals surface area contributed by atoms with E-state index in [9.17, 15) is 14.0 Å². The SMILES string of the molecule is O=C1NC(=O)/C(=C/c2cccc(OCc3ccc(F)cc3)c2)N1. The number of nitrogens with one attached hydrogen (secondary N) is 2. The normalized spacial score (nSPS) is 15.4. The number of hydrogen-bond acceptors (Lipinski definition) is 3. The lowest BCUT2D eigenvalue weighted by molar-refractivity contribution is -0.115. The number of hydrogen-bond donors (Lipinski definition) is 2. The first-order valence-corrected chi connectivity index (χ1v) is 6.91. The number of carbonyl (C=O) groups excluding carboxylic acids is 2. The molecule has 0 aliphatic carbocycles. The molecule has 0 unspecified atom stereocenters. The summed E-state index contributed by atoms with van der Waals surface area (Å²) in [4.78, 5) is 22.6. The quantitative estimate of drug-likeness (QED) is 0.673. The van der Waals surface area contributed by atoms with Gasteiger partial charge in [-0.2, -0.15) is 0 Å². The number of carbonyl (C=O) groups is 2. The van der Waals surface area contributed by atoms with Crippen LogP contribution >= 0.6 is 0 Å². The van der Waals surface area contributed by atoms with Gasteiger partial charge in [-0.25, -0.2) is 9.18 Å². The van der Waals surface area contributed by atoms with Crippen LogP contribution in [0.5, 0.6) is 5.75 Å². The van der Waals surface area contributed by atoms with Crippen LogP contribution in [-0.4, -0.2) is 11.9 Å². The monoisotopic (exact) mass is 312 g/mol. The first-order valence-electron chi connectivity index (χ1n) is 6.91. The van der Waals surface area contributed by atoms with Crippen LogP contribution in [0.4, 0.5) is 9.18 Å². The van der Waals surface area contributed by atoms with Crippen LogP contribution in [0.1, 0.15) is 11.1 Å². The molecule has 3 rings (SSSR count). The fraction of sp³-hybridized carbons (Fsp3) is 0.0588. The van der Waals surface area contributed by atoms with Crippen LogP contribution in [0.3, 0.4) is 0 Å². The zero-order valence-electron chi connectivity index (χ0n) is 12.0. The molecule has 0 spiro atoms. The Balaban J connectivity index is 1.70. The molecule has 0 aromatic heterocycles. The van der Waals surface area contributed by atoms with Gasteiger partial charge in [0.2, 0.25) is 0 Å². The van der Waals surface area contributed by atoms with Gasteiger partial charge in [0.15, 0.2) is 0 Å². The van der Waals surface area contributed by atoms with Crippen molar-refractivity contribution in [2.24, 2.45) is 0 Å². The third kappa shape index (κ3) is 3.74. The molecule has 6 heteroatoms. The van der Waals surface area contributed by atoms with E-state index in [-0.39, 0.29) is 11.5 Å². The molecule has 1 aliphatic rings. The van der Waals surface area contributed by atoms with Gasteiger partial charge in [0.1, 0.15) is 23.9 Å². The molecule has 1 heterocycles. The van der Waals surface area contributed by atoms with Crippen molar-refractivity contribution >= 4 is 18.0 Å². The number of imide groups is 1. The molecule has 2 aromatic carbocycles. The first-order chi connectivity index (χ1) is 11.1. The lowest BCUT2D eigenvalue weighted by Crippen LogP contribution is -2.22. The summed E-state index contributed by atoms with van der Waals surface area (Å²) >= 11 is 0. The smallest absolute Gasteiger partial charge is 0.326 e. The van der Waals surface area contributed by atoms with Gasteiger partial charge in [0, 0.05) is 0 Å². The second kappa shape index (κ2) is 6.31. The Kier molecular flexibility index (Phi) is 4.05. The van der Waals surface area contributed by atoms with Crippen molar-refractivity contribution in [1.29, 1.82) is 0 Å². The van der Waals surface area contributed by atoms with Crippen molar-refractivity contribution < 1.29 is 18.7 Å². The maximum Gasteiger partial charge on any atom is 0.326 e. The fourth-order valence-corrected chi connectivity index (χ4v) is 2.09. The number of rotatable bonds is 4. The van der Waals surface area contributed by atoms with Crippen LogP contribution < -0.4 is 15.4 Å². The first kappa shape index (κ1) is 14.8. The van der Waals surface area contributed by atoms with Crippen molar-refractivity contribution in [3.63, 3.8) is 0 Å². The number of ether oxygens (including phenoxy) is 1. The van der Waals surface area contributed by atoms with E-state index in [4.69, 9.17) is 4.74 Å². The third-order valence-electron chi connectivity index (χ3n) is 3.21. The number of urea groups is 1. The van der Waals surface area contributed by atoms with Gasteiger partial charge in [-0.1, -0.05) is 24.3 Å². The summed E-state index contributed by atoms with van der Waals surface area (Å²) < 4.78 is 18.5. The van der Waals surface area contributed by atoms with Crippen molar-refractivity contribution in [3.8, 4) is 5.75 Å². The predicted molar refractivity (Wildman–Crippen MR) is 81.8 cm³/mol. The van der Waals surface area contributed by atoms with Crippen LogP contribution in [0, 0.1) is 5.82 Å². The van der Waals surface area contributed by atoms with Crippen molar-refractivity contribution in [1.82, 2.24) is 10.6 Å². The van der Waals surface area contributed by atoms with E-state index in [1.165, 1.54) is 12.1 Å². The second-order valence-electron chi connectivity index (χ2n) is 4.95. The number of amides is 3. The highest BCUT2D eigenvalue weighted by atomic mass is 19.1. The molecule has 0 saturated carbocycles. The van der Waals surface area contributed by atoms with Gasteiger partial charge in [-0.15, -0.1) is 0 Å². The van der Waals surface area contributed by atoms with E-state index in [0.717, 1.165) is 5.56 Å². The van der Waals surface area contributed by atoms with Gasteiger partial charge in [0.25, 0.3) is 5.91 Å². The highest BCUT2D eigenvalue weighted by molar-refractivity contribution is 6.13. The maximum atomic E-state index is 12.8. The minimum Gasteiger partial charge on any atom is -0.489 e. The molecule has 3 amide bonds. The summed E-state index contributed by atoms with van der Waals surface area (Å²) in [5.41, 5.74) is 1.75. The summed E-state index contributed by atoms with van der Waals surface area (Å²) in [6, 6.07) is 12.6. The zero-order chi connectivity index (χ0) is 16.2. The summed E-state index contributed by atoms with van der Waals surface area (Å²) in [5.74, 6) is -0.153. The highest BCUT2D eigenvalue weighted by Gasteiger charge is 2.22. The van der Waals surface area contributed by atoms with Gasteiger partial charge < -0.3 is 10.1 Å². The standard InChI is InChI=1S/C17H13FN2O3/c18-13-6-4-11(5-7-13)10-23-14-3-1-2-12(8-14)9-15-16(21)20-17(22)19-15/h1-9H,10H2,(H2,19,20,21,22)/b15-9-. The number of halogens is 1. The molecule has 0 radical (unpaired) electrons. The molecular weight excluding hydrogens is 299 g/mol. The molecule has 23 heavy (non-hydrogen) atoms. The van der Waals surface area contributed by atoms with E-state index in [0.29, 0.717) is 17.9 Å². The Labute approximate surface area is 131 Å². The van der Waals surface area contributed by atoms with E-state index < -0.39 is 11.9 Å². The van der Waals surface area contributed by atoms with Crippen molar-refractivity contribution in [2.45, 2.75) is 6.61 Å².